The van der Waals surface area contributed by atoms with Crippen molar-refractivity contribution in [1.82, 2.24) is 0 Å². The van der Waals surface area contributed by atoms with E-state index in [2.05, 4.69) is 5.32 Å². The van der Waals surface area contributed by atoms with Crippen molar-refractivity contribution >= 4 is 29.3 Å². The van der Waals surface area contributed by atoms with E-state index in [0.717, 1.165) is 22.3 Å². The molecule has 5 heteroatoms. The molecular weight excluding hydrogens is 387 g/mol. The third-order valence-corrected chi connectivity index (χ3v) is 4.84. The first-order valence-electron chi connectivity index (χ1n) is 8.98. The van der Waals surface area contributed by atoms with Crippen LogP contribution in [0.25, 0.3) is 6.08 Å². The summed E-state index contributed by atoms with van der Waals surface area (Å²) in [4.78, 5) is 12.6. The average molecular weight is 405 g/mol. The predicted molar refractivity (Wildman–Crippen MR) is 114 cm³/mol. The Kier molecular flexibility index (Phi) is 6.43. The number of rotatable bonds is 5. The molecule has 1 amide bonds. The third kappa shape index (κ3) is 5.31. The Hall–Kier alpha value is -3.42. The van der Waals surface area contributed by atoms with Crippen LogP contribution in [0.2, 0.25) is 5.02 Å². The van der Waals surface area contributed by atoms with Crippen LogP contribution in [0.5, 0.6) is 0 Å². The first kappa shape index (κ1) is 20.3. The van der Waals surface area contributed by atoms with Crippen molar-refractivity contribution in [1.29, 1.82) is 5.26 Å². The number of carbonyl (C=O) groups excluding carboxylic acids is 1. The van der Waals surface area contributed by atoms with Crippen LogP contribution < -0.4 is 5.32 Å². The number of hydrogen-bond donors (Lipinski definition) is 1. The van der Waals surface area contributed by atoms with E-state index in [1.54, 1.807) is 30.3 Å². The van der Waals surface area contributed by atoms with E-state index in [0.29, 0.717) is 17.1 Å². The maximum absolute atomic E-state index is 13.5. The number of amides is 1. The summed E-state index contributed by atoms with van der Waals surface area (Å²) in [5, 5.41) is 12.7. The molecule has 1 N–H and O–H groups in total. The third-order valence-electron chi connectivity index (χ3n) is 4.43. The van der Waals surface area contributed by atoms with Gasteiger partial charge < -0.3 is 5.32 Å². The first-order chi connectivity index (χ1) is 14.0. The van der Waals surface area contributed by atoms with Gasteiger partial charge in [-0.05, 0) is 65.9 Å². The Labute approximate surface area is 174 Å². The second-order valence-electron chi connectivity index (χ2n) is 6.59. The van der Waals surface area contributed by atoms with Crippen LogP contribution in [0.4, 0.5) is 10.1 Å². The number of halogens is 2. The Morgan fingerprint density at radius 3 is 2.66 bits per heavy atom. The molecule has 0 aliphatic rings. The number of carbonyl (C=O) groups is 1. The lowest BCUT2D eigenvalue weighted by Gasteiger charge is -2.09. The Morgan fingerprint density at radius 1 is 1.14 bits per heavy atom. The zero-order valence-corrected chi connectivity index (χ0v) is 16.5. The van der Waals surface area contributed by atoms with Crippen molar-refractivity contribution in [2.24, 2.45) is 0 Å². The molecule has 0 heterocycles. The lowest BCUT2D eigenvalue weighted by molar-refractivity contribution is -0.112. The number of aryl methyl sites for hydroxylation is 1. The molecule has 3 nitrogen and oxygen atoms in total. The van der Waals surface area contributed by atoms with Crippen LogP contribution >= 0.6 is 11.6 Å². The highest BCUT2D eigenvalue weighted by molar-refractivity contribution is 6.31. The highest BCUT2D eigenvalue weighted by atomic mass is 35.5. The summed E-state index contributed by atoms with van der Waals surface area (Å²) in [5.41, 5.74) is 3.80. The monoisotopic (exact) mass is 404 g/mol. The highest BCUT2D eigenvalue weighted by Gasteiger charge is 2.12. The molecule has 0 unspecified atom stereocenters. The molecule has 0 fully saturated rings. The summed E-state index contributed by atoms with van der Waals surface area (Å²) in [6.07, 6.45) is 2.03. The van der Waals surface area contributed by atoms with E-state index in [4.69, 9.17) is 11.6 Å². The van der Waals surface area contributed by atoms with Gasteiger partial charge >= 0.3 is 0 Å². The Morgan fingerprint density at radius 2 is 1.93 bits per heavy atom. The number of nitrogens with zero attached hydrogens (tertiary/aromatic N) is 1. The minimum Gasteiger partial charge on any atom is -0.321 e. The van der Waals surface area contributed by atoms with Crippen LogP contribution in [0.15, 0.2) is 72.3 Å². The average Bonchev–Trinajstić information content (AvgIpc) is 2.70. The van der Waals surface area contributed by atoms with Gasteiger partial charge in [-0.2, -0.15) is 5.26 Å². The maximum atomic E-state index is 13.5. The summed E-state index contributed by atoms with van der Waals surface area (Å²) in [6, 6.07) is 20.9. The molecule has 3 aromatic rings. The predicted octanol–water partition coefficient (Wildman–Crippen LogP) is 5.92. The molecule has 0 aliphatic heterocycles. The number of hydrogen-bond acceptors (Lipinski definition) is 2. The molecule has 3 rings (SSSR count). The zero-order valence-electron chi connectivity index (χ0n) is 15.7. The minimum absolute atomic E-state index is 0.0339. The van der Waals surface area contributed by atoms with Crippen LogP contribution in [0.3, 0.4) is 0 Å². The highest BCUT2D eigenvalue weighted by Crippen LogP contribution is 2.22. The fraction of sp³-hybridized carbons (Fsp3) is 0.0833. The van der Waals surface area contributed by atoms with E-state index in [1.165, 1.54) is 12.1 Å². The Balaban J connectivity index is 1.86. The summed E-state index contributed by atoms with van der Waals surface area (Å²) >= 11 is 6.09. The second kappa shape index (κ2) is 9.18. The fourth-order valence-corrected chi connectivity index (χ4v) is 3.06. The summed E-state index contributed by atoms with van der Waals surface area (Å²) in [7, 11) is 0. The van der Waals surface area contributed by atoms with Crippen molar-refractivity contribution in [2.45, 2.75) is 13.3 Å². The number of benzene rings is 3. The van der Waals surface area contributed by atoms with Gasteiger partial charge in [-0.15, -0.1) is 0 Å². The largest absolute Gasteiger partial charge is 0.321 e. The fourth-order valence-electron chi connectivity index (χ4n) is 2.88. The standard InChI is InChI=1S/C24H18ClFN2O/c1-16-9-10-22(14-23(16)25)28-24(29)20(15-27)13-19-7-3-2-6-18(19)11-17-5-4-8-21(26)12-17/h2-10,12-14H,11H2,1H3,(H,28,29)/b20-13+. The van der Waals surface area contributed by atoms with Gasteiger partial charge in [0, 0.05) is 10.7 Å². The van der Waals surface area contributed by atoms with Crippen molar-refractivity contribution < 1.29 is 9.18 Å². The molecule has 0 radical (unpaired) electrons. The van der Waals surface area contributed by atoms with Crippen LogP contribution in [0.1, 0.15) is 22.3 Å². The number of anilines is 1. The minimum atomic E-state index is -0.520. The molecule has 3 aromatic carbocycles. The molecular formula is C24H18ClFN2O. The van der Waals surface area contributed by atoms with E-state index in [1.807, 2.05) is 43.3 Å². The molecule has 0 atom stereocenters. The lowest BCUT2D eigenvalue weighted by Crippen LogP contribution is -2.13. The van der Waals surface area contributed by atoms with Gasteiger partial charge in [0.05, 0.1) is 0 Å². The van der Waals surface area contributed by atoms with Crippen LogP contribution in [-0.4, -0.2) is 5.91 Å². The summed E-state index contributed by atoms with van der Waals surface area (Å²) in [5.74, 6) is -0.822. The molecule has 0 spiro atoms. The molecule has 144 valence electrons. The van der Waals surface area contributed by atoms with Crippen molar-refractivity contribution in [3.05, 3.63) is 105 Å². The normalized spacial score (nSPS) is 11.0. The smallest absolute Gasteiger partial charge is 0.266 e. The second-order valence-corrected chi connectivity index (χ2v) is 7.00. The van der Waals surface area contributed by atoms with E-state index < -0.39 is 5.91 Å². The molecule has 0 bridgehead atoms. The van der Waals surface area contributed by atoms with Crippen LogP contribution in [-0.2, 0) is 11.2 Å². The molecule has 29 heavy (non-hydrogen) atoms. The van der Waals surface area contributed by atoms with Crippen molar-refractivity contribution in [3.63, 3.8) is 0 Å². The zero-order chi connectivity index (χ0) is 20.8. The number of nitriles is 1. The first-order valence-corrected chi connectivity index (χ1v) is 9.35. The van der Waals surface area contributed by atoms with Crippen molar-refractivity contribution in [3.8, 4) is 6.07 Å². The van der Waals surface area contributed by atoms with E-state index in [-0.39, 0.29) is 11.4 Å². The van der Waals surface area contributed by atoms with E-state index in [9.17, 15) is 14.4 Å². The quantitative estimate of drug-likeness (QED) is 0.423. The van der Waals surface area contributed by atoms with Crippen molar-refractivity contribution in [2.75, 3.05) is 5.32 Å². The molecule has 0 aromatic heterocycles. The maximum Gasteiger partial charge on any atom is 0.266 e. The van der Waals surface area contributed by atoms with Gasteiger partial charge in [-0.1, -0.05) is 54.1 Å². The van der Waals surface area contributed by atoms with Gasteiger partial charge in [-0.25, -0.2) is 4.39 Å². The van der Waals surface area contributed by atoms with Crippen LogP contribution in [0, 0.1) is 24.1 Å². The summed E-state index contributed by atoms with van der Waals surface area (Å²) in [6.45, 7) is 1.87. The van der Waals surface area contributed by atoms with Gasteiger partial charge in [0.25, 0.3) is 5.91 Å². The SMILES string of the molecule is Cc1ccc(NC(=O)/C(C#N)=C/c2ccccc2Cc2cccc(F)c2)cc1Cl. The molecule has 0 saturated heterocycles. The Bertz CT molecular complexity index is 1130. The molecule has 0 saturated carbocycles. The molecule has 0 aliphatic carbocycles. The lowest BCUT2D eigenvalue weighted by atomic mass is 9.98. The summed E-state index contributed by atoms with van der Waals surface area (Å²) < 4.78 is 13.5. The van der Waals surface area contributed by atoms with E-state index >= 15 is 0 Å². The number of nitrogens with one attached hydrogen (secondary N) is 1. The van der Waals surface area contributed by atoms with Gasteiger partial charge in [0.15, 0.2) is 0 Å². The van der Waals surface area contributed by atoms with Gasteiger partial charge in [0.1, 0.15) is 17.5 Å². The van der Waals surface area contributed by atoms with Gasteiger partial charge in [-0.3, -0.25) is 4.79 Å². The van der Waals surface area contributed by atoms with Gasteiger partial charge in [0.2, 0.25) is 0 Å². The topological polar surface area (TPSA) is 52.9 Å².